The monoisotopic (exact) mass is 616 g/mol. The number of carbonyl (C=O) groups is 1. The van der Waals surface area contributed by atoms with Gasteiger partial charge in [0.25, 0.3) is 0 Å². The molecule has 2 fully saturated rings. The van der Waals surface area contributed by atoms with Gasteiger partial charge in [-0.25, -0.2) is 0 Å². The minimum Gasteiger partial charge on any atom is -0.508 e. The average molecular weight is 617 g/mol. The number of aliphatic hydroxyl groups excluding tert-OH is 3. The smallest absolute Gasteiger partial charge is 0.165 e. The zero-order valence-electron chi connectivity index (χ0n) is 29.1. The Hall–Kier alpha value is -3.21. The van der Waals surface area contributed by atoms with E-state index < -0.39 is 23.2 Å². The molecule has 4 atom stereocenters. The summed E-state index contributed by atoms with van der Waals surface area (Å²) in [5, 5.41) is 41.6. The lowest BCUT2D eigenvalue weighted by Gasteiger charge is -2.43. The lowest BCUT2D eigenvalue weighted by molar-refractivity contribution is -0.127. The maximum Gasteiger partial charge on any atom is 0.165 e. The van der Waals surface area contributed by atoms with Gasteiger partial charge >= 0.3 is 0 Å². The highest BCUT2D eigenvalue weighted by molar-refractivity contribution is 5.96. The molecule has 2 rings (SSSR count). The van der Waals surface area contributed by atoms with Crippen LogP contribution >= 0.6 is 0 Å². The second-order valence-corrected chi connectivity index (χ2v) is 14.7. The Bertz CT molecular complexity index is 1390. The predicted octanol–water partition coefficient (Wildman–Crippen LogP) is 8.65. The number of rotatable bonds is 10. The second kappa shape index (κ2) is 15.4. The van der Waals surface area contributed by atoms with Gasteiger partial charge in [-0.05, 0) is 81.9 Å². The van der Waals surface area contributed by atoms with Crippen LogP contribution in [0.15, 0.2) is 112 Å². The molecule has 0 aromatic carbocycles. The Kier molecular flexibility index (Phi) is 13.0. The van der Waals surface area contributed by atoms with Gasteiger partial charge < -0.3 is 20.4 Å². The van der Waals surface area contributed by atoms with E-state index >= 15 is 0 Å². The van der Waals surface area contributed by atoms with E-state index in [0.29, 0.717) is 31.3 Å². The van der Waals surface area contributed by atoms with Crippen molar-refractivity contribution >= 4 is 5.78 Å². The van der Waals surface area contributed by atoms with E-state index in [1.165, 1.54) is 6.08 Å². The Morgan fingerprint density at radius 1 is 0.733 bits per heavy atom. The Morgan fingerprint density at radius 2 is 1.24 bits per heavy atom. The molecular weight excluding hydrogens is 560 g/mol. The summed E-state index contributed by atoms with van der Waals surface area (Å²) in [5.41, 5.74) is 5.41. The number of ketones is 1. The van der Waals surface area contributed by atoms with Crippen LogP contribution < -0.4 is 0 Å². The number of hydrogen-bond acceptors (Lipinski definition) is 5. The van der Waals surface area contributed by atoms with Gasteiger partial charge in [0.1, 0.15) is 5.76 Å². The summed E-state index contributed by atoms with van der Waals surface area (Å²) in [7, 11) is 0. The molecule has 0 spiro atoms. The van der Waals surface area contributed by atoms with Gasteiger partial charge in [0, 0.05) is 23.5 Å². The van der Waals surface area contributed by atoms with Gasteiger partial charge in [0.2, 0.25) is 0 Å². The third-order valence-electron chi connectivity index (χ3n) is 9.39. The summed E-state index contributed by atoms with van der Waals surface area (Å²) in [5.74, 6) is -0.215. The van der Waals surface area contributed by atoms with Crippen molar-refractivity contribution in [2.45, 2.75) is 113 Å². The normalized spacial score (nSPS) is 30.1. The standard InChI is InChI=1S/C40H56O5/c1-28(17-13-18-30(3)21-22-35-37(5,6)24-32(41)27-40(35,10)45)15-11-12-16-29(2)19-14-20-31(4)34(43)23-36(44)39(9)26-33(42)25-38(39,7)8/h11-21,23,32-33,41-43,45H,24-27H2,1-10H3/b12-11+,17-13+,19-14+,28-15+,29-16+,30-18+,31-20+,34-23-. The van der Waals surface area contributed by atoms with E-state index in [1.54, 1.807) is 19.9 Å². The maximum absolute atomic E-state index is 13.0. The Balaban J connectivity index is 1.97. The highest BCUT2D eigenvalue weighted by Crippen LogP contribution is 2.53. The zero-order valence-corrected chi connectivity index (χ0v) is 29.1. The van der Waals surface area contributed by atoms with Crippen LogP contribution in [0.4, 0.5) is 0 Å². The van der Waals surface area contributed by atoms with Crippen molar-refractivity contribution in [3.05, 3.63) is 112 Å². The van der Waals surface area contributed by atoms with Crippen LogP contribution in [0.5, 0.6) is 0 Å². The number of hydrogen-bond donors (Lipinski definition) is 4. The molecule has 4 unspecified atom stereocenters. The van der Waals surface area contributed by atoms with Gasteiger partial charge in [-0.1, -0.05) is 107 Å². The Morgan fingerprint density at radius 3 is 1.76 bits per heavy atom. The van der Waals surface area contributed by atoms with Crippen LogP contribution in [-0.2, 0) is 4.79 Å². The lowest BCUT2D eigenvalue weighted by Crippen LogP contribution is -2.45. The van der Waals surface area contributed by atoms with Crippen LogP contribution in [0.1, 0.15) is 94.9 Å². The molecule has 5 heteroatoms. The van der Waals surface area contributed by atoms with Crippen LogP contribution in [0.2, 0.25) is 0 Å². The highest BCUT2D eigenvalue weighted by Gasteiger charge is 2.53. The van der Waals surface area contributed by atoms with Gasteiger partial charge in [0.15, 0.2) is 5.78 Å². The van der Waals surface area contributed by atoms with Crippen molar-refractivity contribution in [3.63, 3.8) is 0 Å². The molecular formula is C40H56O5. The molecule has 4 N–H and O–H groups in total. The van der Waals surface area contributed by atoms with Crippen molar-refractivity contribution in [3.8, 4) is 0 Å². The van der Waals surface area contributed by atoms with Gasteiger partial charge in [-0.2, -0.15) is 0 Å². The first-order valence-electron chi connectivity index (χ1n) is 15.9. The van der Waals surface area contributed by atoms with E-state index in [0.717, 1.165) is 22.3 Å². The number of carbonyl (C=O) groups excluding carboxylic acids is 1. The third kappa shape index (κ3) is 10.7. The van der Waals surface area contributed by atoms with Crippen molar-refractivity contribution in [1.29, 1.82) is 0 Å². The summed E-state index contributed by atoms with van der Waals surface area (Å²) in [6.45, 7) is 19.4. The fourth-order valence-corrected chi connectivity index (χ4v) is 6.41. The van der Waals surface area contributed by atoms with Crippen molar-refractivity contribution in [2.75, 3.05) is 0 Å². The second-order valence-electron chi connectivity index (χ2n) is 14.7. The average Bonchev–Trinajstić information content (AvgIpc) is 3.11. The molecule has 2 aliphatic rings. The highest BCUT2D eigenvalue weighted by atomic mass is 16.3. The molecule has 45 heavy (non-hydrogen) atoms. The lowest BCUT2D eigenvalue weighted by atomic mass is 9.65. The van der Waals surface area contributed by atoms with E-state index in [4.69, 9.17) is 0 Å². The fraction of sp³-hybridized carbons (Fsp3) is 0.500. The number of allylic oxidation sites excluding steroid dienone is 15. The topological polar surface area (TPSA) is 98.0 Å². The summed E-state index contributed by atoms with van der Waals surface area (Å²) in [6.07, 6.45) is 23.6. The molecule has 0 aliphatic heterocycles. The molecule has 2 aliphatic carbocycles. The minimum atomic E-state index is -1.07. The minimum absolute atomic E-state index is 0.0570. The first-order chi connectivity index (χ1) is 20.7. The number of aliphatic hydroxyl groups is 4. The molecule has 2 saturated carbocycles. The summed E-state index contributed by atoms with van der Waals surface area (Å²) in [6, 6.07) is 0. The zero-order chi connectivity index (χ0) is 34.2. The first-order valence-corrected chi connectivity index (χ1v) is 15.9. The van der Waals surface area contributed by atoms with Gasteiger partial charge in [-0.3, -0.25) is 4.79 Å². The van der Waals surface area contributed by atoms with E-state index in [9.17, 15) is 25.2 Å². The van der Waals surface area contributed by atoms with Gasteiger partial charge in [0.05, 0.1) is 17.8 Å². The van der Waals surface area contributed by atoms with Crippen LogP contribution in [0.25, 0.3) is 0 Å². The molecule has 0 aromatic rings. The van der Waals surface area contributed by atoms with Crippen LogP contribution in [0.3, 0.4) is 0 Å². The molecule has 0 bridgehead atoms. The molecule has 0 aromatic heterocycles. The largest absolute Gasteiger partial charge is 0.508 e. The molecule has 0 saturated heterocycles. The van der Waals surface area contributed by atoms with Crippen LogP contribution in [-0.4, -0.2) is 44.0 Å². The predicted molar refractivity (Wildman–Crippen MR) is 187 cm³/mol. The summed E-state index contributed by atoms with van der Waals surface area (Å²) < 4.78 is 0. The molecule has 0 amide bonds. The molecule has 0 heterocycles. The van der Waals surface area contributed by atoms with Crippen LogP contribution in [0, 0.1) is 16.2 Å². The van der Waals surface area contributed by atoms with E-state index in [2.05, 4.69) is 5.73 Å². The SMILES string of the molecule is C\C(C=C=C1C(C)(C)CC(O)CC1(C)O)=C/C=C/C(C)=C/C=C/C=C(C)/C=C/C=C(C)/C(O)=C/C(=O)C1(C)CC(O)CC1(C)C. The quantitative estimate of drug-likeness (QED) is 0.0852. The molecule has 0 radical (unpaired) electrons. The summed E-state index contributed by atoms with van der Waals surface area (Å²) >= 11 is 0. The van der Waals surface area contributed by atoms with Crippen molar-refractivity contribution < 1.29 is 25.2 Å². The molecule has 246 valence electrons. The van der Waals surface area contributed by atoms with Crippen molar-refractivity contribution in [2.24, 2.45) is 16.2 Å². The Labute approximate surface area is 271 Å². The molecule has 5 nitrogen and oxygen atoms in total. The van der Waals surface area contributed by atoms with E-state index in [-0.39, 0.29) is 22.4 Å². The third-order valence-corrected chi connectivity index (χ3v) is 9.39. The maximum atomic E-state index is 13.0. The fourth-order valence-electron chi connectivity index (χ4n) is 6.41. The first kappa shape index (κ1) is 38.0. The van der Waals surface area contributed by atoms with Gasteiger partial charge in [-0.15, -0.1) is 5.73 Å². The summed E-state index contributed by atoms with van der Waals surface area (Å²) in [4.78, 5) is 13.0. The van der Waals surface area contributed by atoms with E-state index in [1.807, 2.05) is 116 Å². The van der Waals surface area contributed by atoms with Crippen molar-refractivity contribution in [1.82, 2.24) is 0 Å².